The Hall–Kier alpha value is -4.06. The van der Waals surface area contributed by atoms with Crippen molar-refractivity contribution in [2.45, 2.75) is 35.6 Å². The lowest BCUT2D eigenvalue weighted by atomic mass is 10.0. The summed E-state index contributed by atoms with van der Waals surface area (Å²) < 4.78 is 6.00. The SMILES string of the molecule is Cc1nnc(SCC2=C(C(=O)O)N3C(=O)C(NC(=O)C(NC(=O)COc4c[nH]c(C)c(Cl)c4=O)c4ccc(O)cc4)[C@@H]3SC2)s1. The van der Waals surface area contributed by atoms with Gasteiger partial charge in [-0.25, -0.2) is 4.79 Å². The summed E-state index contributed by atoms with van der Waals surface area (Å²) in [7, 11) is 0. The number of aromatic nitrogens is 3. The van der Waals surface area contributed by atoms with Gasteiger partial charge in [0.05, 0.1) is 0 Å². The predicted molar refractivity (Wildman–Crippen MR) is 166 cm³/mol. The molecule has 2 aliphatic rings. The number of ether oxygens (including phenoxy) is 1. The molecular weight excluding hydrogens is 668 g/mol. The molecule has 2 unspecified atom stereocenters. The van der Waals surface area contributed by atoms with Crippen LogP contribution in [0.15, 0.2) is 50.9 Å². The van der Waals surface area contributed by atoms with Crippen molar-refractivity contribution >= 4 is 70.2 Å². The molecule has 1 saturated heterocycles. The number of carboxylic acids is 1. The molecule has 2 aliphatic heterocycles. The van der Waals surface area contributed by atoms with Gasteiger partial charge in [-0.1, -0.05) is 46.8 Å². The maximum absolute atomic E-state index is 13.5. The van der Waals surface area contributed by atoms with Crippen LogP contribution in [0.25, 0.3) is 0 Å². The fourth-order valence-electron chi connectivity index (χ4n) is 4.52. The zero-order valence-corrected chi connectivity index (χ0v) is 26.7. The number of nitrogens with one attached hydrogen (secondary N) is 3. The molecule has 3 atom stereocenters. The monoisotopic (exact) mass is 692 g/mol. The number of benzene rings is 1. The van der Waals surface area contributed by atoms with E-state index in [1.807, 2.05) is 6.92 Å². The summed E-state index contributed by atoms with van der Waals surface area (Å²) in [5.74, 6) is -3.05. The third kappa shape index (κ3) is 6.95. The van der Waals surface area contributed by atoms with E-state index in [1.54, 1.807) is 6.92 Å². The summed E-state index contributed by atoms with van der Waals surface area (Å²) in [6, 6.07) is 3.11. The number of aliphatic carboxylic acids is 1. The number of phenolic OH excluding ortho intramolecular Hbond substituents is 1. The number of rotatable bonds is 11. The van der Waals surface area contributed by atoms with Crippen molar-refractivity contribution in [1.82, 2.24) is 30.7 Å². The molecule has 5 N–H and O–H groups in total. The highest BCUT2D eigenvalue weighted by Gasteiger charge is 2.54. The number of carbonyl (C=O) groups excluding carboxylic acids is 3. The quantitative estimate of drug-likeness (QED) is 0.145. The van der Waals surface area contributed by atoms with E-state index in [9.17, 15) is 34.2 Å². The van der Waals surface area contributed by atoms with Gasteiger partial charge in [-0.15, -0.1) is 22.0 Å². The van der Waals surface area contributed by atoms with E-state index in [1.165, 1.54) is 65.3 Å². The van der Waals surface area contributed by atoms with Gasteiger partial charge >= 0.3 is 5.97 Å². The Morgan fingerprint density at radius 1 is 1.22 bits per heavy atom. The standard InChI is InChI=1S/C27H25ClN6O8S3/c1-11-18(28)22(37)16(7-29-11)42-8-17(36)30-19(13-3-5-15(35)6-4-13)23(38)31-20-24(39)34-21(26(40)41)14(9-43-25(20)34)10-44-27-33-32-12(2)45-27/h3-7,19-20,25,35H,8-10H2,1-2H3,(H,29,37)(H,30,36)(H,31,38)(H,40,41)/t19?,20?,25-/m0/s1. The zero-order chi connectivity index (χ0) is 32.4. The van der Waals surface area contributed by atoms with Crippen LogP contribution in [0, 0.1) is 13.8 Å². The van der Waals surface area contributed by atoms with Crippen molar-refractivity contribution in [1.29, 1.82) is 0 Å². The lowest BCUT2D eigenvalue weighted by Gasteiger charge is -2.49. The van der Waals surface area contributed by atoms with Crippen molar-refractivity contribution < 1.29 is 34.1 Å². The van der Waals surface area contributed by atoms with Gasteiger partial charge in [-0.2, -0.15) is 0 Å². The highest BCUT2D eigenvalue weighted by molar-refractivity contribution is 8.01. The largest absolute Gasteiger partial charge is 0.508 e. The van der Waals surface area contributed by atoms with Crippen LogP contribution in [-0.2, 0) is 19.2 Å². The van der Waals surface area contributed by atoms with E-state index in [0.717, 1.165) is 9.91 Å². The molecule has 45 heavy (non-hydrogen) atoms. The minimum absolute atomic E-state index is 0.0744. The van der Waals surface area contributed by atoms with Crippen molar-refractivity contribution in [2.24, 2.45) is 0 Å². The van der Waals surface area contributed by atoms with Crippen molar-refractivity contribution in [3.8, 4) is 11.5 Å². The molecule has 1 fully saturated rings. The minimum Gasteiger partial charge on any atom is -0.508 e. The summed E-state index contributed by atoms with van der Waals surface area (Å²) in [5, 5.41) is 32.9. The molecule has 18 heteroatoms. The van der Waals surface area contributed by atoms with E-state index in [0.29, 0.717) is 27.1 Å². The number of thioether (sulfide) groups is 2. The number of phenols is 1. The van der Waals surface area contributed by atoms with Gasteiger partial charge in [-0.3, -0.25) is 24.1 Å². The third-order valence-electron chi connectivity index (χ3n) is 6.75. The predicted octanol–water partition coefficient (Wildman–Crippen LogP) is 1.97. The third-order valence-corrected chi connectivity index (χ3v) is 10.6. The molecule has 2 aromatic heterocycles. The summed E-state index contributed by atoms with van der Waals surface area (Å²) in [4.78, 5) is 68.0. The molecule has 0 saturated carbocycles. The fourth-order valence-corrected chi connectivity index (χ4v) is 7.97. The second-order valence-corrected chi connectivity index (χ2v) is 13.7. The van der Waals surface area contributed by atoms with E-state index in [4.69, 9.17) is 16.3 Å². The van der Waals surface area contributed by atoms with Gasteiger partial charge in [-0.05, 0) is 37.1 Å². The second-order valence-electron chi connectivity index (χ2n) is 9.83. The number of hydrogen-bond donors (Lipinski definition) is 5. The van der Waals surface area contributed by atoms with E-state index < -0.39 is 53.2 Å². The first-order valence-electron chi connectivity index (χ1n) is 13.2. The number of nitrogens with zero attached hydrogens (tertiary/aromatic N) is 3. The normalized spacial score (nSPS) is 18.1. The van der Waals surface area contributed by atoms with Crippen molar-refractivity contribution in [3.05, 3.63) is 73.2 Å². The highest BCUT2D eigenvalue weighted by atomic mass is 35.5. The van der Waals surface area contributed by atoms with Crippen LogP contribution in [0.2, 0.25) is 5.02 Å². The Morgan fingerprint density at radius 2 is 1.96 bits per heavy atom. The number of H-pyrrole nitrogens is 1. The van der Waals surface area contributed by atoms with Crippen molar-refractivity contribution in [3.63, 3.8) is 0 Å². The number of hydrogen-bond acceptors (Lipinski definition) is 12. The Bertz CT molecular complexity index is 1760. The number of aromatic amines is 1. The summed E-state index contributed by atoms with van der Waals surface area (Å²) in [5.41, 5.74) is 0.509. The number of amides is 3. The van der Waals surface area contributed by atoms with Crippen LogP contribution in [0.4, 0.5) is 0 Å². The average Bonchev–Trinajstić information content (AvgIpc) is 3.44. The van der Waals surface area contributed by atoms with Gasteiger partial charge in [0.15, 0.2) is 16.7 Å². The molecule has 0 aliphatic carbocycles. The maximum atomic E-state index is 13.5. The molecule has 3 amide bonds. The number of carboxylic acid groups (broad SMARTS) is 1. The first-order valence-corrected chi connectivity index (χ1v) is 16.4. The number of halogens is 1. The molecule has 14 nitrogen and oxygen atoms in total. The number of pyridine rings is 1. The van der Waals surface area contributed by atoms with Crippen LogP contribution in [0.3, 0.4) is 0 Å². The molecule has 3 aromatic rings. The Kier molecular flexibility index (Phi) is 9.71. The number of aromatic hydroxyl groups is 1. The van der Waals surface area contributed by atoms with Gasteiger partial charge in [0.1, 0.15) is 38.9 Å². The van der Waals surface area contributed by atoms with Crippen LogP contribution in [0.5, 0.6) is 11.5 Å². The molecule has 0 radical (unpaired) electrons. The second kappa shape index (κ2) is 13.5. The van der Waals surface area contributed by atoms with Gasteiger partial charge < -0.3 is 30.6 Å². The van der Waals surface area contributed by atoms with Crippen LogP contribution < -0.4 is 20.8 Å². The Balaban J connectivity index is 1.28. The molecule has 0 bridgehead atoms. The smallest absolute Gasteiger partial charge is 0.352 e. The van der Waals surface area contributed by atoms with Gasteiger partial charge in [0.25, 0.3) is 11.8 Å². The average molecular weight is 693 g/mol. The maximum Gasteiger partial charge on any atom is 0.352 e. The fraction of sp³-hybridized carbons (Fsp3) is 0.296. The first kappa shape index (κ1) is 32.3. The minimum atomic E-state index is -1.33. The van der Waals surface area contributed by atoms with E-state index in [-0.39, 0.29) is 27.8 Å². The van der Waals surface area contributed by atoms with Crippen LogP contribution in [0.1, 0.15) is 22.3 Å². The molecule has 0 spiro atoms. The zero-order valence-electron chi connectivity index (χ0n) is 23.5. The molecule has 236 valence electrons. The Labute approximate surface area is 272 Å². The van der Waals surface area contributed by atoms with Crippen molar-refractivity contribution in [2.75, 3.05) is 18.1 Å². The summed E-state index contributed by atoms with van der Waals surface area (Å²) >= 11 is 9.97. The van der Waals surface area contributed by atoms with Gasteiger partial charge in [0.2, 0.25) is 11.3 Å². The molecule has 5 rings (SSSR count). The van der Waals surface area contributed by atoms with E-state index in [2.05, 4.69) is 25.8 Å². The lowest BCUT2D eigenvalue weighted by molar-refractivity contribution is -0.151. The topological polar surface area (TPSA) is 204 Å². The summed E-state index contributed by atoms with van der Waals surface area (Å²) in [6.07, 6.45) is 1.26. The Morgan fingerprint density at radius 3 is 2.62 bits per heavy atom. The number of aryl methyl sites for hydroxylation is 2. The molecule has 1 aromatic carbocycles. The first-order chi connectivity index (χ1) is 21.4. The lowest BCUT2D eigenvalue weighted by Crippen LogP contribution is -2.71. The number of β-lactam (4-membered cyclic amide) rings is 1. The number of carbonyl (C=O) groups is 4. The van der Waals surface area contributed by atoms with Gasteiger partial charge in [0, 0.05) is 23.4 Å². The van der Waals surface area contributed by atoms with Crippen LogP contribution in [-0.4, -0.2) is 83.5 Å². The van der Waals surface area contributed by atoms with E-state index >= 15 is 0 Å². The molecule has 4 heterocycles. The highest BCUT2D eigenvalue weighted by Crippen LogP contribution is 2.42. The summed E-state index contributed by atoms with van der Waals surface area (Å²) in [6.45, 7) is 2.77. The number of fused-ring (bicyclic) bond motifs is 1. The molecular formula is C27H25ClN6O8S3. The van der Waals surface area contributed by atoms with Crippen LogP contribution >= 0.6 is 46.5 Å².